The van der Waals surface area contributed by atoms with Gasteiger partial charge in [0, 0.05) is 23.5 Å². The molecule has 1 aromatic carbocycles. The molecule has 4 N–H and O–H groups in total. The van der Waals surface area contributed by atoms with Crippen LogP contribution in [0.2, 0.25) is 0 Å². The molecule has 1 fully saturated rings. The minimum atomic E-state index is -0.465. The number of amides is 2. The van der Waals surface area contributed by atoms with Crippen LogP contribution in [0, 0.1) is 0 Å². The predicted octanol–water partition coefficient (Wildman–Crippen LogP) is 2.71. The van der Waals surface area contributed by atoms with E-state index in [4.69, 9.17) is 5.84 Å². The lowest BCUT2D eigenvalue weighted by Gasteiger charge is -2.35. The zero-order chi connectivity index (χ0) is 20.4. The quantitative estimate of drug-likeness (QED) is 0.415. The zero-order valence-corrected chi connectivity index (χ0v) is 17.4. The van der Waals surface area contributed by atoms with Gasteiger partial charge in [0.05, 0.1) is 18.6 Å². The summed E-state index contributed by atoms with van der Waals surface area (Å²) >= 11 is 0. The van der Waals surface area contributed by atoms with Gasteiger partial charge in [-0.2, -0.15) is 0 Å². The van der Waals surface area contributed by atoms with Gasteiger partial charge in [0.1, 0.15) is 0 Å². The molecule has 29 heavy (non-hydrogen) atoms. The summed E-state index contributed by atoms with van der Waals surface area (Å²) in [5.41, 5.74) is 2.66. The summed E-state index contributed by atoms with van der Waals surface area (Å²) in [4.78, 5) is 19.6. The Bertz CT molecular complexity index is 797. The zero-order valence-electron chi connectivity index (χ0n) is 17.4. The van der Waals surface area contributed by atoms with Gasteiger partial charge in [0.25, 0.3) is 0 Å². The summed E-state index contributed by atoms with van der Waals surface area (Å²) in [5, 5.41) is 8.42. The topological polar surface area (TPSA) is 86.0 Å². The molecule has 7 heteroatoms. The monoisotopic (exact) mass is 396 g/mol. The number of carbonyl (C=O) groups excluding carboxylic acids is 1. The van der Waals surface area contributed by atoms with Crippen LogP contribution in [0.25, 0.3) is 0 Å². The fraction of sp³-hybridized carbons (Fsp3) is 0.545. The van der Waals surface area contributed by atoms with E-state index in [9.17, 15) is 4.79 Å². The molecule has 3 aliphatic rings. The van der Waals surface area contributed by atoms with E-state index in [-0.39, 0.29) is 12.3 Å². The highest BCUT2D eigenvalue weighted by Gasteiger charge is 2.44. The van der Waals surface area contributed by atoms with Gasteiger partial charge in [-0.15, -0.1) is 0 Å². The molecule has 7 nitrogen and oxygen atoms in total. The fourth-order valence-electron chi connectivity index (χ4n) is 4.55. The van der Waals surface area contributed by atoms with Crippen molar-refractivity contribution in [3.63, 3.8) is 0 Å². The molecule has 1 atom stereocenters. The minimum absolute atomic E-state index is 0.124. The second-order valence-corrected chi connectivity index (χ2v) is 8.76. The first kappa shape index (κ1) is 19.9. The molecule has 2 heterocycles. The smallest absolute Gasteiger partial charge is 0.335 e. The highest BCUT2D eigenvalue weighted by Crippen LogP contribution is 2.34. The van der Waals surface area contributed by atoms with Crippen molar-refractivity contribution >= 4 is 12.2 Å². The molecule has 1 aromatic rings. The van der Waals surface area contributed by atoms with Crippen LogP contribution in [0.15, 0.2) is 46.6 Å². The van der Waals surface area contributed by atoms with Gasteiger partial charge in [-0.05, 0) is 32.3 Å². The molecule has 0 radical (unpaired) electrons. The van der Waals surface area contributed by atoms with E-state index in [0.29, 0.717) is 19.1 Å². The Morgan fingerprint density at radius 3 is 2.72 bits per heavy atom. The molecule has 0 spiro atoms. The van der Waals surface area contributed by atoms with Crippen LogP contribution >= 0.6 is 0 Å². The molecule has 1 unspecified atom stereocenters. The summed E-state index contributed by atoms with van der Waals surface area (Å²) < 4.78 is 0. The maximum Gasteiger partial charge on any atom is 0.335 e. The van der Waals surface area contributed by atoms with Gasteiger partial charge in [0.15, 0.2) is 6.29 Å². The normalized spacial score (nSPS) is 23.7. The van der Waals surface area contributed by atoms with Crippen molar-refractivity contribution in [3.05, 3.63) is 47.2 Å². The van der Waals surface area contributed by atoms with Crippen molar-refractivity contribution in [1.82, 2.24) is 20.5 Å². The third-order valence-corrected chi connectivity index (χ3v) is 6.31. The Hall–Kier alpha value is -2.38. The first-order chi connectivity index (χ1) is 13.9. The summed E-state index contributed by atoms with van der Waals surface area (Å²) in [5.74, 6) is 6.15. The fourth-order valence-corrected chi connectivity index (χ4v) is 4.55. The third kappa shape index (κ3) is 4.16. The molecule has 0 bridgehead atoms. The van der Waals surface area contributed by atoms with Gasteiger partial charge >= 0.3 is 6.03 Å². The van der Waals surface area contributed by atoms with Crippen molar-refractivity contribution in [2.45, 2.75) is 70.4 Å². The van der Waals surface area contributed by atoms with E-state index in [1.807, 2.05) is 55.3 Å². The average molecular weight is 397 g/mol. The standard InChI is InChI=1S/C22H32N6O/c1-22(2)18-13-24-20(25-17-11-7-4-8-12-17)26-19(18)15-27(22)21(29)28(23)14-16-9-5-3-6-10-16/h3,5-6,9-10,13,17,20,25-26H,4,7-8,11-12,14-15,23H2,1-2H3. The number of nitrogens with two attached hydrogens (primary N) is 1. The molecular weight excluding hydrogens is 364 g/mol. The number of hydrazine groups is 1. The lowest BCUT2D eigenvalue weighted by atomic mass is 9.94. The second-order valence-electron chi connectivity index (χ2n) is 8.76. The number of urea groups is 1. The Morgan fingerprint density at radius 2 is 2.00 bits per heavy atom. The predicted molar refractivity (Wildman–Crippen MR) is 115 cm³/mol. The Morgan fingerprint density at radius 1 is 1.28 bits per heavy atom. The molecular formula is C22H32N6O. The SMILES string of the molecule is CC1(C)C2=C(CN1C(=O)N(N)Cc1ccccc1)NC(NC1CCCCC1)N=C2. The minimum Gasteiger partial charge on any atom is -0.353 e. The Balaban J connectivity index is 1.40. The molecule has 1 aliphatic carbocycles. The summed E-state index contributed by atoms with van der Waals surface area (Å²) in [6, 6.07) is 10.1. The number of carbonyl (C=O) groups is 1. The molecule has 1 saturated carbocycles. The average Bonchev–Trinajstić information content (AvgIpc) is 2.99. The van der Waals surface area contributed by atoms with Gasteiger partial charge in [-0.1, -0.05) is 49.6 Å². The summed E-state index contributed by atoms with van der Waals surface area (Å²) in [6.07, 6.45) is 8.11. The highest BCUT2D eigenvalue weighted by molar-refractivity contribution is 5.88. The second kappa shape index (κ2) is 8.16. The van der Waals surface area contributed by atoms with Crippen LogP contribution in [0.1, 0.15) is 51.5 Å². The highest BCUT2D eigenvalue weighted by atomic mass is 16.2. The van der Waals surface area contributed by atoms with Crippen molar-refractivity contribution in [2.24, 2.45) is 10.8 Å². The molecule has 2 amide bonds. The van der Waals surface area contributed by atoms with Gasteiger partial charge in [-0.25, -0.2) is 10.6 Å². The first-order valence-electron chi connectivity index (χ1n) is 10.6. The number of nitrogens with one attached hydrogen (secondary N) is 2. The van der Waals surface area contributed by atoms with Gasteiger partial charge in [-0.3, -0.25) is 15.3 Å². The number of hydrogen-bond acceptors (Lipinski definition) is 5. The molecule has 0 aromatic heterocycles. The van der Waals surface area contributed by atoms with Gasteiger partial charge < -0.3 is 10.2 Å². The number of benzene rings is 1. The van der Waals surface area contributed by atoms with Crippen LogP contribution in [-0.4, -0.2) is 46.6 Å². The molecule has 0 saturated heterocycles. The number of rotatable bonds is 4. The van der Waals surface area contributed by atoms with Crippen LogP contribution in [-0.2, 0) is 6.54 Å². The lowest BCUT2D eigenvalue weighted by Crippen LogP contribution is -2.53. The van der Waals surface area contributed by atoms with E-state index in [0.717, 1.165) is 16.8 Å². The molecule has 156 valence electrons. The van der Waals surface area contributed by atoms with Crippen molar-refractivity contribution in [2.75, 3.05) is 6.54 Å². The maximum absolute atomic E-state index is 13.1. The number of aliphatic imine (C=N–C) groups is 1. The summed E-state index contributed by atoms with van der Waals surface area (Å²) in [7, 11) is 0. The van der Waals surface area contributed by atoms with Crippen molar-refractivity contribution in [1.29, 1.82) is 0 Å². The number of hydrogen-bond donors (Lipinski definition) is 3. The molecule has 4 rings (SSSR count). The largest absolute Gasteiger partial charge is 0.353 e. The van der Waals surface area contributed by atoms with E-state index in [1.165, 1.54) is 37.1 Å². The summed E-state index contributed by atoms with van der Waals surface area (Å²) in [6.45, 7) is 4.99. The van der Waals surface area contributed by atoms with Crippen LogP contribution in [0.5, 0.6) is 0 Å². The maximum atomic E-state index is 13.1. The third-order valence-electron chi connectivity index (χ3n) is 6.31. The van der Waals surface area contributed by atoms with E-state index < -0.39 is 5.54 Å². The number of nitrogens with zero attached hydrogens (tertiary/aromatic N) is 3. The van der Waals surface area contributed by atoms with E-state index >= 15 is 0 Å². The Labute approximate surface area is 173 Å². The Kier molecular flexibility index (Phi) is 5.61. The van der Waals surface area contributed by atoms with Gasteiger partial charge in [0.2, 0.25) is 0 Å². The van der Waals surface area contributed by atoms with Crippen molar-refractivity contribution in [3.8, 4) is 0 Å². The van der Waals surface area contributed by atoms with Crippen LogP contribution < -0.4 is 16.5 Å². The first-order valence-corrected chi connectivity index (χ1v) is 10.6. The van der Waals surface area contributed by atoms with Crippen molar-refractivity contribution < 1.29 is 4.79 Å². The molecule has 2 aliphatic heterocycles. The van der Waals surface area contributed by atoms with E-state index in [2.05, 4.69) is 15.6 Å². The van der Waals surface area contributed by atoms with Crippen LogP contribution in [0.3, 0.4) is 0 Å². The van der Waals surface area contributed by atoms with E-state index in [1.54, 1.807) is 0 Å². The van der Waals surface area contributed by atoms with Crippen LogP contribution in [0.4, 0.5) is 4.79 Å². The lowest BCUT2D eigenvalue weighted by molar-refractivity contribution is 0.129.